The van der Waals surface area contributed by atoms with Crippen molar-refractivity contribution < 1.29 is 14.4 Å². The third-order valence-corrected chi connectivity index (χ3v) is 5.25. The molecule has 1 amide bonds. The second-order valence-corrected chi connectivity index (χ2v) is 7.22. The fraction of sp³-hybridized carbons (Fsp3) is 0.0500. The van der Waals surface area contributed by atoms with Crippen molar-refractivity contribution >= 4 is 43.6 Å². The summed E-state index contributed by atoms with van der Waals surface area (Å²) < 4.78 is 6.15. The highest BCUT2D eigenvalue weighted by Gasteiger charge is 2.19. The minimum absolute atomic E-state index is 0.0311. The van der Waals surface area contributed by atoms with Crippen LogP contribution in [0.5, 0.6) is 11.8 Å². The number of para-hydroxylation sites is 2. The lowest BCUT2D eigenvalue weighted by Crippen LogP contribution is -2.17. The zero-order chi connectivity index (χ0) is 20.5. The fourth-order valence-electron chi connectivity index (χ4n) is 2.87. The lowest BCUT2D eigenvalue weighted by molar-refractivity contribution is 0.101. The summed E-state index contributed by atoms with van der Waals surface area (Å²) in [6.07, 6.45) is 0. The van der Waals surface area contributed by atoms with Gasteiger partial charge in [-0.1, -0.05) is 40.4 Å². The summed E-state index contributed by atoms with van der Waals surface area (Å²) in [6.45, 7) is 0. The molecule has 0 aliphatic carbocycles. The van der Waals surface area contributed by atoms with Crippen molar-refractivity contribution in [3.63, 3.8) is 0 Å². The number of hydrogen-bond donors (Lipinski definition) is 1. The Kier molecular flexibility index (Phi) is 4.45. The minimum Gasteiger partial charge on any atom is -0.481 e. The van der Waals surface area contributed by atoms with E-state index in [-0.39, 0.29) is 11.4 Å². The molecule has 0 saturated heterocycles. The maximum absolute atomic E-state index is 13.0. The average Bonchev–Trinajstić information content (AvgIpc) is 3.37. The summed E-state index contributed by atoms with van der Waals surface area (Å²) in [5.41, 5.74) is 2.31. The lowest BCUT2D eigenvalue weighted by Gasteiger charge is -2.10. The molecule has 2 aromatic carbocycles. The highest BCUT2D eigenvalue weighted by molar-refractivity contribution is 7.22. The van der Waals surface area contributed by atoms with Crippen LogP contribution in [0.1, 0.15) is 10.4 Å². The van der Waals surface area contributed by atoms with Gasteiger partial charge in [0.25, 0.3) is 11.8 Å². The van der Waals surface area contributed by atoms with E-state index < -0.39 is 5.91 Å². The third-order valence-electron chi connectivity index (χ3n) is 4.30. The van der Waals surface area contributed by atoms with Crippen molar-refractivity contribution in [2.24, 2.45) is 0 Å². The molecule has 0 aliphatic rings. The van der Waals surface area contributed by atoms with E-state index in [1.165, 1.54) is 23.3 Å². The van der Waals surface area contributed by atoms with E-state index in [0.717, 1.165) is 10.2 Å². The van der Waals surface area contributed by atoms with Gasteiger partial charge in [0.15, 0.2) is 5.13 Å². The van der Waals surface area contributed by atoms with Crippen molar-refractivity contribution in [2.75, 3.05) is 12.4 Å². The summed E-state index contributed by atoms with van der Waals surface area (Å²) in [6, 6.07) is 18.1. The van der Waals surface area contributed by atoms with Crippen LogP contribution in [0.2, 0.25) is 0 Å². The number of nitrogens with zero attached hydrogens (tertiary/aromatic N) is 5. The van der Waals surface area contributed by atoms with Gasteiger partial charge in [-0.05, 0) is 35.5 Å². The standard InChI is InChI=1S/C20H14N6O3S/c1-28-17-11-10-12(18(27)23-20-21-14-7-3-5-9-16(14)30-20)19(22-17)29-26-15-8-4-2-6-13(15)24-25-26/h2-11H,1H3,(H,21,23,27). The molecule has 9 nitrogen and oxygen atoms in total. The Hall–Kier alpha value is -4.05. The number of aromatic nitrogens is 5. The van der Waals surface area contributed by atoms with Crippen LogP contribution in [0.3, 0.4) is 0 Å². The highest BCUT2D eigenvalue weighted by Crippen LogP contribution is 2.27. The van der Waals surface area contributed by atoms with E-state index >= 15 is 0 Å². The molecule has 0 atom stereocenters. The van der Waals surface area contributed by atoms with Gasteiger partial charge in [-0.25, -0.2) is 4.98 Å². The molecule has 0 bridgehead atoms. The fourth-order valence-corrected chi connectivity index (χ4v) is 3.73. The van der Waals surface area contributed by atoms with E-state index in [9.17, 15) is 4.79 Å². The van der Waals surface area contributed by atoms with Gasteiger partial charge < -0.3 is 9.57 Å². The van der Waals surface area contributed by atoms with Crippen LogP contribution < -0.4 is 14.9 Å². The van der Waals surface area contributed by atoms with Crippen molar-refractivity contribution in [1.29, 1.82) is 0 Å². The molecule has 0 saturated carbocycles. The Labute approximate surface area is 173 Å². The Bertz CT molecular complexity index is 1350. The van der Waals surface area contributed by atoms with Crippen molar-refractivity contribution in [3.8, 4) is 11.8 Å². The van der Waals surface area contributed by atoms with Crippen LogP contribution in [-0.4, -0.2) is 38.1 Å². The van der Waals surface area contributed by atoms with Crippen LogP contribution in [0, 0.1) is 0 Å². The van der Waals surface area contributed by atoms with E-state index in [1.54, 1.807) is 18.2 Å². The number of carbonyl (C=O) groups is 1. The molecule has 30 heavy (non-hydrogen) atoms. The van der Waals surface area contributed by atoms with Gasteiger partial charge in [0, 0.05) is 6.07 Å². The van der Waals surface area contributed by atoms with Gasteiger partial charge in [-0.3, -0.25) is 10.1 Å². The molecule has 148 valence electrons. The number of amides is 1. The first-order valence-electron chi connectivity index (χ1n) is 8.92. The summed E-state index contributed by atoms with van der Waals surface area (Å²) in [4.78, 5) is 28.7. The number of hydrogen-bond acceptors (Lipinski definition) is 8. The molecule has 3 aromatic heterocycles. The first-order valence-corrected chi connectivity index (χ1v) is 9.73. The Morgan fingerprint density at radius 1 is 1.00 bits per heavy atom. The number of benzene rings is 2. The molecule has 1 N–H and O–H groups in total. The number of pyridine rings is 1. The summed E-state index contributed by atoms with van der Waals surface area (Å²) in [7, 11) is 1.48. The molecular formula is C20H14N6O3S. The van der Waals surface area contributed by atoms with Gasteiger partial charge in [0.05, 0.1) is 17.3 Å². The number of carbonyl (C=O) groups excluding carboxylic acids is 1. The number of thiazole rings is 1. The van der Waals surface area contributed by atoms with Gasteiger partial charge in [-0.2, -0.15) is 4.98 Å². The van der Waals surface area contributed by atoms with E-state index in [0.29, 0.717) is 22.0 Å². The second-order valence-electron chi connectivity index (χ2n) is 6.19. The van der Waals surface area contributed by atoms with Crippen LogP contribution in [-0.2, 0) is 0 Å². The lowest BCUT2D eigenvalue weighted by atomic mass is 10.2. The predicted molar refractivity (Wildman–Crippen MR) is 112 cm³/mol. The molecule has 5 aromatic rings. The number of anilines is 1. The number of nitrogens with one attached hydrogen (secondary N) is 1. The van der Waals surface area contributed by atoms with E-state index in [4.69, 9.17) is 9.57 Å². The first kappa shape index (κ1) is 18.0. The summed E-state index contributed by atoms with van der Waals surface area (Å²) in [5, 5.41) is 11.3. The van der Waals surface area contributed by atoms with Crippen LogP contribution in [0.4, 0.5) is 5.13 Å². The Morgan fingerprint density at radius 3 is 2.63 bits per heavy atom. The van der Waals surface area contributed by atoms with Crippen molar-refractivity contribution in [1.82, 2.24) is 25.1 Å². The quantitative estimate of drug-likeness (QED) is 0.465. The molecule has 0 fully saturated rings. The number of fused-ring (bicyclic) bond motifs is 2. The molecule has 0 aliphatic heterocycles. The Balaban J connectivity index is 1.48. The SMILES string of the molecule is COc1ccc(C(=O)Nc2nc3ccccc3s2)c(On2nnc3ccccc32)n1. The van der Waals surface area contributed by atoms with Gasteiger partial charge in [-0.15, -0.1) is 5.10 Å². The maximum Gasteiger partial charge on any atom is 0.264 e. The molecular weight excluding hydrogens is 404 g/mol. The maximum atomic E-state index is 13.0. The zero-order valence-electron chi connectivity index (χ0n) is 15.6. The van der Waals surface area contributed by atoms with E-state index in [2.05, 4.69) is 25.6 Å². The smallest absolute Gasteiger partial charge is 0.264 e. The van der Waals surface area contributed by atoms with Gasteiger partial charge in [0.2, 0.25) is 5.88 Å². The first-order chi connectivity index (χ1) is 14.7. The van der Waals surface area contributed by atoms with Crippen molar-refractivity contribution in [2.45, 2.75) is 0 Å². The normalized spacial score (nSPS) is 11.0. The predicted octanol–water partition coefficient (Wildman–Crippen LogP) is 3.54. The zero-order valence-corrected chi connectivity index (χ0v) is 16.5. The molecule has 0 unspecified atom stereocenters. The summed E-state index contributed by atoms with van der Waals surface area (Å²) in [5.74, 6) is -0.0850. The third kappa shape index (κ3) is 3.29. The van der Waals surface area contributed by atoms with E-state index in [1.807, 2.05) is 42.5 Å². The minimum atomic E-state index is -0.413. The van der Waals surface area contributed by atoms with Crippen LogP contribution in [0.25, 0.3) is 21.3 Å². The highest BCUT2D eigenvalue weighted by atomic mass is 32.1. The monoisotopic (exact) mass is 418 g/mol. The Morgan fingerprint density at radius 2 is 1.80 bits per heavy atom. The topological polar surface area (TPSA) is 104 Å². The molecule has 5 rings (SSSR count). The van der Waals surface area contributed by atoms with Crippen LogP contribution >= 0.6 is 11.3 Å². The van der Waals surface area contributed by atoms with Gasteiger partial charge >= 0.3 is 0 Å². The molecule has 0 radical (unpaired) electrons. The number of methoxy groups -OCH3 is 1. The van der Waals surface area contributed by atoms with Gasteiger partial charge in [0.1, 0.15) is 16.6 Å². The molecule has 3 heterocycles. The number of ether oxygens (including phenoxy) is 1. The molecule has 10 heteroatoms. The second kappa shape index (κ2) is 7.41. The van der Waals surface area contributed by atoms with Crippen molar-refractivity contribution in [3.05, 3.63) is 66.2 Å². The average molecular weight is 418 g/mol. The number of rotatable bonds is 5. The summed E-state index contributed by atoms with van der Waals surface area (Å²) >= 11 is 1.38. The van der Waals surface area contributed by atoms with Crippen LogP contribution in [0.15, 0.2) is 60.7 Å². The molecule has 0 spiro atoms. The largest absolute Gasteiger partial charge is 0.481 e.